The van der Waals surface area contributed by atoms with E-state index >= 15 is 0 Å². The first-order chi connectivity index (χ1) is 8.31. The Morgan fingerprint density at radius 1 is 1.24 bits per heavy atom. The maximum atomic E-state index is 12.1. The molecule has 3 N–H and O–H groups in total. The highest BCUT2D eigenvalue weighted by Crippen LogP contribution is 2.18. The van der Waals surface area contributed by atoms with Gasteiger partial charge in [-0.15, -0.1) is 0 Å². The average molecular weight is 232 g/mol. The number of hydrogen-bond donors (Lipinski definition) is 2. The standard InChI is InChI=1S/C14H20N2O/c15-10-11-6-4-5-9-13(11)14(17)16-12-7-2-1-3-8-12/h4-6,9,12H,1-3,7-8,10,15H2,(H,16,17). The summed E-state index contributed by atoms with van der Waals surface area (Å²) in [7, 11) is 0. The summed E-state index contributed by atoms with van der Waals surface area (Å²) < 4.78 is 0. The fourth-order valence-corrected chi connectivity index (χ4v) is 2.43. The highest BCUT2D eigenvalue weighted by molar-refractivity contribution is 5.95. The molecule has 3 heteroatoms. The molecular weight excluding hydrogens is 212 g/mol. The monoisotopic (exact) mass is 232 g/mol. The first-order valence-electron chi connectivity index (χ1n) is 6.40. The van der Waals surface area contributed by atoms with Gasteiger partial charge in [0.25, 0.3) is 5.91 Å². The Kier molecular flexibility index (Phi) is 4.15. The lowest BCUT2D eigenvalue weighted by atomic mass is 9.95. The van der Waals surface area contributed by atoms with E-state index in [2.05, 4.69) is 5.32 Å². The van der Waals surface area contributed by atoms with Gasteiger partial charge in [-0.05, 0) is 24.5 Å². The summed E-state index contributed by atoms with van der Waals surface area (Å²) in [4.78, 5) is 12.1. The Bertz CT molecular complexity index is 384. The molecule has 1 amide bonds. The predicted molar refractivity (Wildman–Crippen MR) is 68.7 cm³/mol. The van der Waals surface area contributed by atoms with Gasteiger partial charge in [-0.2, -0.15) is 0 Å². The summed E-state index contributed by atoms with van der Waals surface area (Å²) in [5.41, 5.74) is 7.28. The third kappa shape index (κ3) is 3.07. The highest BCUT2D eigenvalue weighted by Gasteiger charge is 2.17. The van der Waals surface area contributed by atoms with E-state index in [4.69, 9.17) is 5.73 Å². The molecule has 1 saturated carbocycles. The number of carbonyl (C=O) groups is 1. The lowest BCUT2D eigenvalue weighted by molar-refractivity contribution is 0.0927. The zero-order valence-electron chi connectivity index (χ0n) is 10.1. The molecule has 3 nitrogen and oxygen atoms in total. The van der Waals surface area contributed by atoms with Crippen LogP contribution in [0.4, 0.5) is 0 Å². The van der Waals surface area contributed by atoms with Gasteiger partial charge in [0.05, 0.1) is 0 Å². The number of nitrogens with two attached hydrogens (primary N) is 1. The molecule has 17 heavy (non-hydrogen) atoms. The van der Waals surface area contributed by atoms with E-state index in [9.17, 15) is 4.79 Å². The van der Waals surface area contributed by atoms with Crippen LogP contribution in [0, 0.1) is 0 Å². The first-order valence-corrected chi connectivity index (χ1v) is 6.40. The van der Waals surface area contributed by atoms with Crippen molar-refractivity contribution in [1.29, 1.82) is 0 Å². The fraction of sp³-hybridized carbons (Fsp3) is 0.500. The van der Waals surface area contributed by atoms with Crippen molar-refractivity contribution in [3.8, 4) is 0 Å². The first kappa shape index (κ1) is 12.1. The van der Waals surface area contributed by atoms with Crippen LogP contribution >= 0.6 is 0 Å². The van der Waals surface area contributed by atoms with Gasteiger partial charge in [0, 0.05) is 18.2 Å². The summed E-state index contributed by atoms with van der Waals surface area (Å²) in [6, 6.07) is 7.91. The SMILES string of the molecule is NCc1ccccc1C(=O)NC1CCCCC1. The van der Waals surface area contributed by atoms with Crippen molar-refractivity contribution < 1.29 is 4.79 Å². The quantitative estimate of drug-likeness (QED) is 0.839. The van der Waals surface area contributed by atoms with Crippen LogP contribution in [0.2, 0.25) is 0 Å². The summed E-state index contributed by atoms with van der Waals surface area (Å²) in [5, 5.41) is 3.12. The van der Waals surface area contributed by atoms with Crippen molar-refractivity contribution in [2.45, 2.75) is 44.7 Å². The Balaban J connectivity index is 2.03. The van der Waals surface area contributed by atoms with Gasteiger partial charge < -0.3 is 11.1 Å². The molecule has 0 unspecified atom stereocenters. The van der Waals surface area contributed by atoms with Gasteiger partial charge >= 0.3 is 0 Å². The molecule has 1 aromatic rings. The van der Waals surface area contributed by atoms with Crippen LogP contribution in [-0.4, -0.2) is 11.9 Å². The fourth-order valence-electron chi connectivity index (χ4n) is 2.43. The van der Waals surface area contributed by atoms with E-state index in [1.54, 1.807) is 0 Å². The zero-order valence-corrected chi connectivity index (χ0v) is 10.1. The van der Waals surface area contributed by atoms with Crippen molar-refractivity contribution in [2.24, 2.45) is 5.73 Å². The number of hydrogen-bond acceptors (Lipinski definition) is 2. The van der Waals surface area contributed by atoms with Crippen molar-refractivity contribution in [3.05, 3.63) is 35.4 Å². The van der Waals surface area contributed by atoms with Crippen molar-refractivity contribution >= 4 is 5.91 Å². The largest absolute Gasteiger partial charge is 0.349 e. The van der Waals surface area contributed by atoms with E-state index in [1.165, 1.54) is 19.3 Å². The van der Waals surface area contributed by atoms with E-state index in [1.807, 2.05) is 24.3 Å². The Morgan fingerprint density at radius 2 is 1.94 bits per heavy atom. The van der Waals surface area contributed by atoms with Crippen LogP contribution in [0.5, 0.6) is 0 Å². The summed E-state index contributed by atoms with van der Waals surface area (Å²) in [6.45, 7) is 0.411. The van der Waals surface area contributed by atoms with Gasteiger partial charge in [0.1, 0.15) is 0 Å². The third-order valence-electron chi connectivity index (χ3n) is 3.42. The molecule has 92 valence electrons. The predicted octanol–water partition coefficient (Wildman–Crippen LogP) is 2.21. The average Bonchev–Trinajstić information content (AvgIpc) is 2.40. The molecule has 0 radical (unpaired) electrons. The van der Waals surface area contributed by atoms with Crippen molar-refractivity contribution in [1.82, 2.24) is 5.32 Å². The van der Waals surface area contributed by atoms with E-state index in [-0.39, 0.29) is 5.91 Å². The summed E-state index contributed by atoms with van der Waals surface area (Å²) in [6.07, 6.45) is 5.96. The second kappa shape index (κ2) is 5.82. The second-order valence-corrected chi connectivity index (χ2v) is 4.67. The van der Waals surface area contributed by atoms with Crippen LogP contribution in [0.15, 0.2) is 24.3 Å². The van der Waals surface area contributed by atoms with Crippen LogP contribution in [-0.2, 0) is 6.54 Å². The molecule has 0 atom stereocenters. The van der Waals surface area contributed by atoms with Crippen LogP contribution < -0.4 is 11.1 Å². The highest BCUT2D eigenvalue weighted by atomic mass is 16.1. The Labute approximate surface area is 102 Å². The number of benzene rings is 1. The molecular formula is C14H20N2O. The van der Waals surface area contributed by atoms with Gasteiger partial charge in [-0.25, -0.2) is 0 Å². The minimum atomic E-state index is 0.0259. The minimum Gasteiger partial charge on any atom is -0.349 e. The number of amides is 1. The van der Waals surface area contributed by atoms with Gasteiger partial charge in [-0.1, -0.05) is 37.5 Å². The van der Waals surface area contributed by atoms with Crippen LogP contribution in [0.25, 0.3) is 0 Å². The molecule has 2 rings (SSSR count). The van der Waals surface area contributed by atoms with Crippen LogP contribution in [0.1, 0.15) is 48.0 Å². The second-order valence-electron chi connectivity index (χ2n) is 4.67. The van der Waals surface area contributed by atoms with Gasteiger partial charge in [0.15, 0.2) is 0 Å². The van der Waals surface area contributed by atoms with Crippen molar-refractivity contribution in [3.63, 3.8) is 0 Å². The molecule has 1 aliphatic carbocycles. The molecule has 0 aromatic heterocycles. The third-order valence-corrected chi connectivity index (χ3v) is 3.42. The van der Waals surface area contributed by atoms with E-state index in [0.29, 0.717) is 12.6 Å². The summed E-state index contributed by atoms with van der Waals surface area (Å²) >= 11 is 0. The normalized spacial score (nSPS) is 16.8. The molecule has 0 bridgehead atoms. The van der Waals surface area contributed by atoms with Crippen molar-refractivity contribution in [2.75, 3.05) is 0 Å². The maximum Gasteiger partial charge on any atom is 0.251 e. The zero-order chi connectivity index (χ0) is 12.1. The van der Waals surface area contributed by atoms with E-state index < -0.39 is 0 Å². The molecule has 1 fully saturated rings. The molecule has 1 aromatic carbocycles. The van der Waals surface area contributed by atoms with Crippen LogP contribution in [0.3, 0.4) is 0 Å². The number of carbonyl (C=O) groups excluding carboxylic acids is 1. The van der Waals surface area contributed by atoms with Gasteiger partial charge in [0.2, 0.25) is 0 Å². The minimum absolute atomic E-state index is 0.0259. The Morgan fingerprint density at radius 3 is 2.65 bits per heavy atom. The number of rotatable bonds is 3. The lowest BCUT2D eigenvalue weighted by Crippen LogP contribution is -2.36. The molecule has 1 aliphatic rings. The molecule has 0 spiro atoms. The smallest absolute Gasteiger partial charge is 0.251 e. The van der Waals surface area contributed by atoms with Gasteiger partial charge in [-0.3, -0.25) is 4.79 Å². The number of nitrogens with one attached hydrogen (secondary N) is 1. The lowest BCUT2D eigenvalue weighted by Gasteiger charge is -2.23. The maximum absolute atomic E-state index is 12.1. The Hall–Kier alpha value is -1.35. The molecule has 0 saturated heterocycles. The van der Waals surface area contributed by atoms with E-state index in [0.717, 1.165) is 24.0 Å². The topological polar surface area (TPSA) is 55.1 Å². The molecule has 0 aliphatic heterocycles. The molecule has 0 heterocycles. The summed E-state index contributed by atoms with van der Waals surface area (Å²) in [5.74, 6) is 0.0259.